The molecular formula is C25H19ClN4O6. The van der Waals surface area contributed by atoms with Gasteiger partial charge in [-0.05, 0) is 25.1 Å². The van der Waals surface area contributed by atoms with Crippen LogP contribution in [0.5, 0.6) is 5.75 Å². The largest absolute Gasteiger partial charge is 0.471 e. The van der Waals surface area contributed by atoms with Crippen molar-refractivity contribution in [3.63, 3.8) is 0 Å². The number of hydrogen-bond acceptors (Lipinski definition) is 8. The fraction of sp³-hybridized carbons (Fsp3) is 0.120. The number of esters is 1. The van der Waals surface area contributed by atoms with Crippen LogP contribution < -0.4 is 10.3 Å². The number of ether oxygens (including phenoxy) is 2. The number of carbonyl (C=O) groups excluding carboxylic acids is 1. The fourth-order valence-corrected chi connectivity index (χ4v) is 3.71. The number of fused-ring (bicyclic) bond motifs is 1. The third kappa shape index (κ3) is 4.93. The number of nitro benzene ring substituents is 1. The lowest BCUT2D eigenvalue weighted by Gasteiger charge is -2.14. The summed E-state index contributed by atoms with van der Waals surface area (Å²) in [5.74, 6) is -0.711. The van der Waals surface area contributed by atoms with Crippen molar-refractivity contribution >= 4 is 40.4 Å². The molecule has 0 fully saturated rings. The van der Waals surface area contributed by atoms with Crippen LogP contribution in [0.1, 0.15) is 12.5 Å². The van der Waals surface area contributed by atoms with E-state index >= 15 is 0 Å². The van der Waals surface area contributed by atoms with Gasteiger partial charge in [-0.2, -0.15) is 9.78 Å². The molecule has 0 amide bonds. The van der Waals surface area contributed by atoms with Crippen LogP contribution >= 0.6 is 11.6 Å². The maximum Gasteiger partial charge on any atom is 0.346 e. The molecule has 182 valence electrons. The topological polar surface area (TPSA) is 126 Å². The van der Waals surface area contributed by atoms with E-state index in [1.165, 1.54) is 32.4 Å². The average molecular weight is 507 g/mol. The second-order valence-electron chi connectivity index (χ2n) is 7.57. The first-order valence-corrected chi connectivity index (χ1v) is 11.0. The summed E-state index contributed by atoms with van der Waals surface area (Å²) >= 11 is 6.26. The van der Waals surface area contributed by atoms with Gasteiger partial charge in [-0.1, -0.05) is 54.1 Å². The molecule has 0 unspecified atom stereocenters. The van der Waals surface area contributed by atoms with Crippen LogP contribution in [0, 0.1) is 10.1 Å². The van der Waals surface area contributed by atoms with Crippen LogP contribution in [0.4, 0.5) is 5.69 Å². The minimum atomic E-state index is -1.12. The van der Waals surface area contributed by atoms with Crippen molar-refractivity contribution in [3.05, 3.63) is 97.8 Å². The van der Waals surface area contributed by atoms with Crippen LogP contribution in [0.2, 0.25) is 5.02 Å². The molecule has 10 nitrogen and oxygen atoms in total. The Morgan fingerprint density at radius 2 is 1.86 bits per heavy atom. The molecule has 4 aromatic rings. The Kier molecular flexibility index (Phi) is 7.07. The Morgan fingerprint density at radius 3 is 2.56 bits per heavy atom. The number of methoxy groups -OCH3 is 1. The summed E-state index contributed by atoms with van der Waals surface area (Å²) < 4.78 is 11.1. The molecule has 0 bridgehead atoms. The Hall–Kier alpha value is -4.57. The Morgan fingerprint density at radius 1 is 1.17 bits per heavy atom. The second-order valence-corrected chi connectivity index (χ2v) is 7.98. The summed E-state index contributed by atoms with van der Waals surface area (Å²) in [7, 11) is 1.17. The highest BCUT2D eigenvalue weighted by Gasteiger charge is 2.25. The van der Waals surface area contributed by atoms with Gasteiger partial charge in [0.05, 0.1) is 34.2 Å². The number of nitrogens with zero attached hydrogens (tertiary/aromatic N) is 4. The van der Waals surface area contributed by atoms with Crippen molar-refractivity contribution in [2.45, 2.75) is 13.0 Å². The highest BCUT2D eigenvalue weighted by atomic mass is 35.5. The fourth-order valence-electron chi connectivity index (χ4n) is 3.45. The molecule has 0 aliphatic rings. The van der Waals surface area contributed by atoms with Crippen LogP contribution in [0.15, 0.2) is 76.6 Å². The van der Waals surface area contributed by atoms with E-state index in [9.17, 15) is 19.7 Å². The number of para-hydroxylation sites is 1. The third-order valence-electron chi connectivity index (χ3n) is 5.18. The van der Waals surface area contributed by atoms with Crippen LogP contribution in [0.3, 0.4) is 0 Å². The molecule has 0 N–H and O–H groups in total. The average Bonchev–Trinajstić information content (AvgIpc) is 2.89. The van der Waals surface area contributed by atoms with E-state index in [0.29, 0.717) is 22.3 Å². The second kappa shape index (κ2) is 10.4. The predicted molar refractivity (Wildman–Crippen MR) is 135 cm³/mol. The Labute approximate surface area is 209 Å². The summed E-state index contributed by atoms with van der Waals surface area (Å²) in [6.45, 7) is 1.38. The quantitative estimate of drug-likeness (QED) is 0.157. The maximum absolute atomic E-state index is 13.3. The first-order chi connectivity index (χ1) is 17.3. The zero-order valence-corrected chi connectivity index (χ0v) is 19.9. The van der Waals surface area contributed by atoms with Gasteiger partial charge in [0, 0.05) is 17.2 Å². The molecule has 1 heterocycles. The molecule has 1 aromatic heterocycles. The van der Waals surface area contributed by atoms with Gasteiger partial charge in [0.1, 0.15) is 0 Å². The molecular weight excluding hydrogens is 488 g/mol. The number of carbonyl (C=O) groups is 1. The number of nitro groups is 1. The van der Waals surface area contributed by atoms with E-state index in [4.69, 9.17) is 16.3 Å². The van der Waals surface area contributed by atoms with Crippen molar-refractivity contribution in [3.8, 4) is 17.1 Å². The normalized spacial score (nSPS) is 12.0. The lowest BCUT2D eigenvalue weighted by Crippen LogP contribution is -2.25. The van der Waals surface area contributed by atoms with Crippen molar-refractivity contribution in [1.29, 1.82) is 0 Å². The van der Waals surface area contributed by atoms with E-state index in [2.05, 4.69) is 14.8 Å². The van der Waals surface area contributed by atoms with E-state index in [1.54, 1.807) is 36.4 Å². The molecule has 11 heteroatoms. The SMILES string of the molecule is COC(=O)[C@@H](C)Oc1c(Cl)cc(C=Nn2c(-c3ccccc3)nc3ccccc3c2=O)cc1[N+](=O)[O-]. The smallest absolute Gasteiger partial charge is 0.346 e. The van der Waals surface area contributed by atoms with Crippen LogP contribution in [-0.4, -0.2) is 40.0 Å². The molecule has 3 aromatic carbocycles. The van der Waals surface area contributed by atoms with Gasteiger partial charge in [0.15, 0.2) is 11.9 Å². The van der Waals surface area contributed by atoms with Gasteiger partial charge < -0.3 is 9.47 Å². The van der Waals surface area contributed by atoms with Crippen molar-refractivity contribution in [2.75, 3.05) is 7.11 Å². The van der Waals surface area contributed by atoms with Gasteiger partial charge in [-0.25, -0.2) is 9.78 Å². The lowest BCUT2D eigenvalue weighted by atomic mass is 10.2. The van der Waals surface area contributed by atoms with Gasteiger partial charge in [-0.15, -0.1) is 0 Å². The molecule has 0 spiro atoms. The van der Waals surface area contributed by atoms with Gasteiger partial charge in [0.25, 0.3) is 5.56 Å². The summed E-state index contributed by atoms with van der Waals surface area (Å²) in [6.07, 6.45) is 0.137. The number of benzene rings is 3. The summed E-state index contributed by atoms with van der Waals surface area (Å²) in [6, 6.07) is 18.5. The minimum Gasteiger partial charge on any atom is -0.471 e. The molecule has 0 saturated heterocycles. The van der Waals surface area contributed by atoms with Gasteiger partial charge >= 0.3 is 11.7 Å². The first kappa shape index (κ1) is 24.6. The molecule has 0 radical (unpaired) electrons. The number of aromatic nitrogens is 2. The summed E-state index contributed by atoms with van der Waals surface area (Å²) in [5, 5.41) is 16.2. The first-order valence-electron chi connectivity index (χ1n) is 10.6. The zero-order valence-electron chi connectivity index (χ0n) is 19.1. The number of rotatable bonds is 7. The Bertz CT molecular complexity index is 1550. The molecule has 1 atom stereocenters. The zero-order chi connectivity index (χ0) is 25.8. The van der Waals surface area contributed by atoms with Crippen molar-refractivity contribution < 1.29 is 19.2 Å². The highest BCUT2D eigenvalue weighted by molar-refractivity contribution is 6.32. The highest BCUT2D eigenvalue weighted by Crippen LogP contribution is 2.36. The lowest BCUT2D eigenvalue weighted by molar-refractivity contribution is -0.386. The van der Waals surface area contributed by atoms with Crippen LogP contribution in [-0.2, 0) is 9.53 Å². The summed E-state index contributed by atoms with van der Waals surface area (Å²) in [4.78, 5) is 40.6. The molecule has 4 rings (SSSR count). The van der Waals surface area contributed by atoms with E-state index < -0.39 is 28.2 Å². The van der Waals surface area contributed by atoms with E-state index in [0.717, 1.165) is 4.68 Å². The van der Waals surface area contributed by atoms with Gasteiger partial charge in [-0.3, -0.25) is 14.9 Å². The van der Waals surface area contributed by atoms with Gasteiger partial charge in [0.2, 0.25) is 5.75 Å². The number of hydrogen-bond donors (Lipinski definition) is 0. The maximum atomic E-state index is 13.3. The monoisotopic (exact) mass is 506 g/mol. The van der Waals surface area contributed by atoms with Crippen molar-refractivity contribution in [2.24, 2.45) is 5.10 Å². The van der Waals surface area contributed by atoms with Crippen LogP contribution in [0.25, 0.3) is 22.3 Å². The third-order valence-corrected chi connectivity index (χ3v) is 5.46. The van der Waals surface area contributed by atoms with Crippen molar-refractivity contribution in [1.82, 2.24) is 9.66 Å². The van der Waals surface area contributed by atoms with E-state index in [-0.39, 0.29) is 16.3 Å². The molecule has 0 aliphatic heterocycles. The predicted octanol–water partition coefficient (Wildman–Crippen LogP) is 4.45. The molecule has 0 saturated carbocycles. The summed E-state index contributed by atoms with van der Waals surface area (Å²) in [5.41, 5.74) is 0.494. The van der Waals surface area contributed by atoms with E-state index in [1.807, 2.05) is 18.2 Å². The molecule has 0 aliphatic carbocycles. The molecule has 36 heavy (non-hydrogen) atoms. The Balaban J connectivity index is 1.82. The minimum absolute atomic E-state index is 0.117. The standard InChI is InChI=1S/C25H19ClN4O6/c1-15(25(32)35-2)36-22-19(26)12-16(13-21(22)30(33)34)14-27-29-23(17-8-4-3-5-9-17)28-20-11-7-6-10-18(20)24(29)31/h3-15H,1-2H3/t15-/m1/s1. The number of halogens is 1.